The molecule has 0 bridgehead atoms. The van der Waals surface area contributed by atoms with E-state index in [9.17, 15) is 4.79 Å². The number of rotatable bonds is 5. The van der Waals surface area contributed by atoms with E-state index < -0.39 is 5.97 Å². The summed E-state index contributed by atoms with van der Waals surface area (Å²) in [6.07, 6.45) is 6.75. The number of methoxy groups -OCH3 is 1. The van der Waals surface area contributed by atoms with Gasteiger partial charge in [-0.1, -0.05) is 29.7 Å². The fraction of sp³-hybridized carbons (Fsp3) is 0.214. The van der Waals surface area contributed by atoms with E-state index in [0.717, 1.165) is 5.56 Å². The normalized spacial score (nSPS) is 10.8. The van der Waals surface area contributed by atoms with Gasteiger partial charge >= 0.3 is 5.97 Å². The van der Waals surface area contributed by atoms with Crippen molar-refractivity contribution >= 4 is 23.6 Å². The third kappa shape index (κ3) is 4.62. The van der Waals surface area contributed by atoms with E-state index in [4.69, 9.17) is 22.8 Å². The van der Waals surface area contributed by atoms with Gasteiger partial charge in [-0.3, -0.25) is 0 Å². The molecule has 0 aromatic heterocycles. The SMILES string of the molecule is C#CCOC/C(=C\c1ccc(Cl)cc1)C(=O)OC. The Bertz CT molecular complexity index is 469. The van der Waals surface area contributed by atoms with Crippen molar-refractivity contribution in [3.63, 3.8) is 0 Å². The molecule has 0 amide bonds. The molecule has 0 fully saturated rings. The van der Waals surface area contributed by atoms with E-state index in [1.54, 1.807) is 30.3 Å². The van der Waals surface area contributed by atoms with Crippen LogP contribution in [0.1, 0.15) is 5.56 Å². The van der Waals surface area contributed by atoms with Crippen molar-refractivity contribution in [1.29, 1.82) is 0 Å². The van der Waals surface area contributed by atoms with E-state index in [2.05, 4.69) is 10.7 Å². The number of benzene rings is 1. The van der Waals surface area contributed by atoms with Gasteiger partial charge in [-0.15, -0.1) is 6.42 Å². The van der Waals surface area contributed by atoms with Crippen molar-refractivity contribution < 1.29 is 14.3 Å². The monoisotopic (exact) mass is 264 g/mol. The minimum absolute atomic E-state index is 0.111. The van der Waals surface area contributed by atoms with E-state index in [1.165, 1.54) is 7.11 Å². The van der Waals surface area contributed by atoms with Gasteiger partial charge in [-0.2, -0.15) is 0 Å². The highest BCUT2D eigenvalue weighted by molar-refractivity contribution is 6.30. The number of esters is 1. The average Bonchev–Trinajstić information content (AvgIpc) is 2.39. The molecule has 1 rings (SSSR count). The first kappa shape index (κ1) is 14.3. The Labute approximate surface area is 111 Å². The lowest BCUT2D eigenvalue weighted by atomic mass is 10.1. The van der Waals surface area contributed by atoms with Crippen LogP contribution in [0.15, 0.2) is 29.8 Å². The van der Waals surface area contributed by atoms with Crippen LogP contribution in [0.4, 0.5) is 0 Å². The van der Waals surface area contributed by atoms with Crippen LogP contribution in [0.2, 0.25) is 5.02 Å². The van der Waals surface area contributed by atoms with Crippen molar-refractivity contribution in [1.82, 2.24) is 0 Å². The molecule has 0 aliphatic carbocycles. The minimum atomic E-state index is -0.443. The number of ether oxygens (including phenoxy) is 2. The highest BCUT2D eigenvalue weighted by Gasteiger charge is 2.09. The summed E-state index contributed by atoms with van der Waals surface area (Å²) in [5.74, 6) is 1.89. The zero-order chi connectivity index (χ0) is 13.4. The maximum absolute atomic E-state index is 11.5. The van der Waals surface area contributed by atoms with Crippen molar-refractivity contribution in [2.24, 2.45) is 0 Å². The first-order valence-electron chi connectivity index (χ1n) is 5.23. The molecular weight excluding hydrogens is 252 g/mol. The van der Waals surface area contributed by atoms with Crippen LogP contribution in [0.5, 0.6) is 0 Å². The van der Waals surface area contributed by atoms with Gasteiger partial charge in [0.15, 0.2) is 0 Å². The Morgan fingerprint density at radius 2 is 2.11 bits per heavy atom. The number of carbonyl (C=O) groups excluding carboxylic acids is 1. The van der Waals surface area contributed by atoms with Gasteiger partial charge in [0, 0.05) is 5.02 Å². The second kappa shape index (κ2) is 7.54. The van der Waals surface area contributed by atoms with E-state index in [1.807, 2.05) is 0 Å². The lowest BCUT2D eigenvalue weighted by Gasteiger charge is -2.05. The van der Waals surface area contributed by atoms with Crippen LogP contribution in [0.25, 0.3) is 6.08 Å². The van der Waals surface area contributed by atoms with Gasteiger partial charge in [-0.25, -0.2) is 4.79 Å². The Hall–Kier alpha value is -1.76. The molecule has 3 nitrogen and oxygen atoms in total. The molecule has 0 unspecified atom stereocenters. The van der Waals surface area contributed by atoms with Crippen LogP contribution < -0.4 is 0 Å². The summed E-state index contributed by atoms with van der Waals surface area (Å²) in [4.78, 5) is 11.5. The lowest BCUT2D eigenvalue weighted by molar-refractivity contribution is -0.136. The van der Waals surface area contributed by atoms with Gasteiger partial charge in [0.05, 0.1) is 19.3 Å². The fourth-order valence-electron chi connectivity index (χ4n) is 1.27. The van der Waals surface area contributed by atoms with Crippen molar-refractivity contribution in [2.75, 3.05) is 20.3 Å². The van der Waals surface area contributed by atoms with Crippen LogP contribution in [0, 0.1) is 12.3 Å². The third-order valence-corrected chi connectivity index (χ3v) is 2.35. The predicted octanol–water partition coefficient (Wildman–Crippen LogP) is 2.55. The van der Waals surface area contributed by atoms with Crippen LogP contribution >= 0.6 is 11.6 Å². The van der Waals surface area contributed by atoms with Crippen molar-refractivity contribution in [3.8, 4) is 12.3 Å². The number of hydrogen-bond acceptors (Lipinski definition) is 3. The summed E-state index contributed by atoms with van der Waals surface area (Å²) in [6.45, 7) is 0.258. The van der Waals surface area contributed by atoms with Gasteiger partial charge in [0.1, 0.15) is 6.61 Å². The van der Waals surface area contributed by atoms with E-state index in [-0.39, 0.29) is 13.2 Å². The van der Waals surface area contributed by atoms with Crippen LogP contribution in [-0.4, -0.2) is 26.3 Å². The maximum atomic E-state index is 11.5. The number of carbonyl (C=O) groups is 1. The van der Waals surface area contributed by atoms with E-state index in [0.29, 0.717) is 10.6 Å². The molecule has 0 N–H and O–H groups in total. The third-order valence-electron chi connectivity index (χ3n) is 2.10. The molecule has 94 valence electrons. The second-order valence-corrected chi connectivity index (χ2v) is 3.85. The number of halogens is 1. The van der Waals surface area contributed by atoms with Crippen LogP contribution in [0.3, 0.4) is 0 Å². The summed E-state index contributed by atoms with van der Waals surface area (Å²) in [7, 11) is 1.32. The number of terminal acetylenes is 1. The Balaban J connectivity index is 2.84. The van der Waals surface area contributed by atoms with Gasteiger partial charge in [0.25, 0.3) is 0 Å². The Kier molecular flexibility index (Phi) is 5.99. The standard InChI is InChI=1S/C14H13ClO3/c1-3-8-18-10-12(14(16)17-2)9-11-4-6-13(15)7-5-11/h1,4-7,9H,8,10H2,2H3/b12-9+. The van der Waals surface area contributed by atoms with Crippen LogP contribution in [-0.2, 0) is 14.3 Å². The Morgan fingerprint density at radius 1 is 1.44 bits per heavy atom. The molecule has 0 spiro atoms. The molecule has 0 atom stereocenters. The summed E-state index contributed by atoms with van der Waals surface area (Å²) in [5, 5.41) is 0.635. The second-order valence-electron chi connectivity index (χ2n) is 3.41. The van der Waals surface area contributed by atoms with Gasteiger partial charge in [-0.05, 0) is 23.8 Å². The molecule has 0 radical (unpaired) electrons. The molecular formula is C14H13ClO3. The Morgan fingerprint density at radius 3 is 2.67 bits per heavy atom. The van der Waals surface area contributed by atoms with Crippen molar-refractivity contribution in [2.45, 2.75) is 0 Å². The number of hydrogen-bond donors (Lipinski definition) is 0. The summed E-state index contributed by atoms with van der Waals surface area (Å²) in [5.41, 5.74) is 1.24. The summed E-state index contributed by atoms with van der Waals surface area (Å²) >= 11 is 5.78. The largest absolute Gasteiger partial charge is 0.466 e. The minimum Gasteiger partial charge on any atom is -0.466 e. The topological polar surface area (TPSA) is 35.5 Å². The quantitative estimate of drug-likeness (QED) is 0.355. The molecule has 0 saturated heterocycles. The highest BCUT2D eigenvalue weighted by atomic mass is 35.5. The molecule has 0 aliphatic rings. The van der Waals surface area contributed by atoms with Gasteiger partial charge in [0.2, 0.25) is 0 Å². The zero-order valence-electron chi connectivity index (χ0n) is 9.98. The fourth-order valence-corrected chi connectivity index (χ4v) is 1.40. The summed E-state index contributed by atoms with van der Waals surface area (Å²) < 4.78 is 9.81. The molecule has 0 aliphatic heterocycles. The zero-order valence-corrected chi connectivity index (χ0v) is 10.7. The molecule has 1 aromatic rings. The molecule has 1 aromatic carbocycles. The summed E-state index contributed by atoms with van der Waals surface area (Å²) in [6, 6.07) is 7.08. The van der Waals surface area contributed by atoms with Crippen molar-refractivity contribution in [3.05, 3.63) is 40.4 Å². The smallest absolute Gasteiger partial charge is 0.336 e. The molecule has 0 saturated carbocycles. The molecule has 0 heterocycles. The predicted molar refractivity (Wildman–Crippen MR) is 71.1 cm³/mol. The molecule has 4 heteroatoms. The lowest BCUT2D eigenvalue weighted by Crippen LogP contribution is -2.11. The highest BCUT2D eigenvalue weighted by Crippen LogP contribution is 2.13. The molecule has 18 heavy (non-hydrogen) atoms. The average molecular weight is 265 g/mol. The first-order chi connectivity index (χ1) is 8.67. The van der Waals surface area contributed by atoms with Gasteiger partial charge < -0.3 is 9.47 Å². The first-order valence-corrected chi connectivity index (χ1v) is 5.61. The maximum Gasteiger partial charge on any atom is 0.336 e. The van der Waals surface area contributed by atoms with E-state index >= 15 is 0 Å².